The van der Waals surface area contributed by atoms with Crippen molar-refractivity contribution >= 4 is 17.6 Å². The van der Waals surface area contributed by atoms with E-state index in [0.717, 1.165) is 0 Å². The largest absolute Gasteiger partial charge is 0.481 e. The maximum atomic E-state index is 10.4. The summed E-state index contributed by atoms with van der Waals surface area (Å²) in [6.07, 6.45) is 0.595. The molecule has 0 saturated carbocycles. The molecule has 0 aromatic rings. The first kappa shape index (κ1) is 10.7. The van der Waals surface area contributed by atoms with Gasteiger partial charge < -0.3 is 9.84 Å². The van der Waals surface area contributed by atoms with E-state index in [9.17, 15) is 4.79 Å². The minimum absolute atomic E-state index is 0.262. The molecule has 1 N–H and O–H groups in total. The Labute approximate surface area is 71.3 Å². The summed E-state index contributed by atoms with van der Waals surface area (Å²) in [5, 5.41) is 8.56. The van der Waals surface area contributed by atoms with Gasteiger partial charge in [0.1, 0.15) is 0 Å². The molecule has 11 heavy (non-hydrogen) atoms. The van der Waals surface area contributed by atoms with Crippen molar-refractivity contribution in [2.24, 2.45) is 5.92 Å². The predicted octanol–water partition coefficient (Wildman–Crippen LogP) is 1.35. The normalized spacial score (nSPS) is 12.9. The zero-order valence-electron chi connectivity index (χ0n) is 6.55. The van der Waals surface area contributed by atoms with E-state index in [4.69, 9.17) is 21.4 Å². The fraction of sp³-hybridized carbons (Fsp3) is 0.857. The highest BCUT2D eigenvalue weighted by molar-refractivity contribution is 6.17. The predicted molar refractivity (Wildman–Crippen MR) is 43.0 cm³/mol. The molecule has 3 nitrogen and oxygen atoms in total. The van der Waals surface area contributed by atoms with Crippen molar-refractivity contribution < 1.29 is 14.6 Å². The van der Waals surface area contributed by atoms with E-state index in [1.807, 2.05) is 6.92 Å². The third-order valence-corrected chi connectivity index (χ3v) is 1.54. The Morgan fingerprint density at radius 1 is 1.73 bits per heavy atom. The van der Waals surface area contributed by atoms with Crippen molar-refractivity contribution in [2.75, 3.05) is 19.1 Å². The van der Waals surface area contributed by atoms with Crippen molar-refractivity contribution in [2.45, 2.75) is 13.3 Å². The van der Waals surface area contributed by atoms with Crippen LogP contribution in [0.4, 0.5) is 0 Å². The Morgan fingerprint density at radius 2 is 2.36 bits per heavy atom. The van der Waals surface area contributed by atoms with E-state index in [2.05, 4.69) is 0 Å². The molecule has 0 aromatic carbocycles. The Balaban J connectivity index is 3.44. The number of aliphatic carboxylic acids is 1. The molecule has 0 radical (unpaired) electrons. The lowest BCUT2D eigenvalue weighted by Crippen LogP contribution is -2.19. The fourth-order valence-corrected chi connectivity index (χ4v) is 0.753. The molecule has 0 fully saturated rings. The summed E-state index contributed by atoms with van der Waals surface area (Å²) in [7, 11) is 0. The number of rotatable bonds is 6. The van der Waals surface area contributed by atoms with Gasteiger partial charge in [0, 0.05) is 5.88 Å². The fourth-order valence-electron chi connectivity index (χ4n) is 0.644. The van der Waals surface area contributed by atoms with Crippen molar-refractivity contribution in [3.63, 3.8) is 0 Å². The van der Waals surface area contributed by atoms with Crippen LogP contribution < -0.4 is 0 Å². The average molecular weight is 181 g/mol. The minimum Gasteiger partial charge on any atom is -0.481 e. The Bertz CT molecular complexity index is 116. The van der Waals surface area contributed by atoms with Gasteiger partial charge in [-0.3, -0.25) is 4.79 Å². The average Bonchev–Trinajstić information content (AvgIpc) is 1.97. The van der Waals surface area contributed by atoms with E-state index in [0.29, 0.717) is 18.9 Å². The first-order chi connectivity index (χ1) is 5.22. The van der Waals surface area contributed by atoms with Gasteiger partial charge in [-0.15, -0.1) is 11.6 Å². The summed E-state index contributed by atoms with van der Waals surface area (Å²) in [5.41, 5.74) is 0. The van der Waals surface area contributed by atoms with E-state index < -0.39 is 11.9 Å². The van der Waals surface area contributed by atoms with Crippen molar-refractivity contribution in [1.82, 2.24) is 0 Å². The van der Waals surface area contributed by atoms with Gasteiger partial charge in [-0.05, 0) is 6.42 Å². The van der Waals surface area contributed by atoms with Crippen LogP contribution >= 0.6 is 11.6 Å². The monoisotopic (exact) mass is 180 g/mol. The molecule has 0 rings (SSSR count). The number of alkyl halides is 1. The van der Waals surface area contributed by atoms with Gasteiger partial charge in [-0.1, -0.05) is 6.92 Å². The standard InChI is InChI=1S/C7H13ClO3/c1-2-6(7(9)10)5-11-4-3-8/h6H,2-5H2,1H3,(H,9,10). The van der Waals surface area contributed by atoms with Crippen LogP contribution in [0.2, 0.25) is 0 Å². The number of halogens is 1. The first-order valence-corrected chi connectivity index (χ1v) is 4.12. The van der Waals surface area contributed by atoms with Crippen LogP contribution in [0.1, 0.15) is 13.3 Å². The van der Waals surface area contributed by atoms with Crippen LogP contribution in [0.3, 0.4) is 0 Å². The smallest absolute Gasteiger partial charge is 0.308 e. The van der Waals surface area contributed by atoms with Crippen LogP contribution in [0.25, 0.3) is 0 Å². The number of hydrogen-bond donors (Lipinski definition) is 1. The van der Waals surface area contributed by atoms with Crippen LogP contribution in [-0.2, 0) is 9.53 Å². The second-order valence-corrected chi connectivity index (χ2v) is 2.59. The molecule has 0 aliphatic carbocycles. The molecule has 0 amide bonds. The Kier molecular flexibility index (Phi) is 6.27. The molecule has 0 aromatic heterocycles. The van der Waals surface area contributed by atoms with Crippen LogP contribution in [0.5, 0.6) is 0 Å². The first-order valence-electron chi connectivity index (χ1n) is 3.58. The molecule has 0 aliphatic rings. The highest BCUT2D eigenvalue weighted by Gasteiger charge is 2.14. The van der Waals surface area contributed by atoms with Crippen LogP contribution in [0.15, 0.2) is 0 Å². The highest BCUT2D eigenvalue weighted by atomic mass is 35.5. The summed E-state index contributed by atoms with van der Waals surface area (Å²) in [5.74, 6) is -0.781. The van der Waals surface area contributed by atoms with E-state index in [1.165, 1.54) is 0 Å². The number of carboxylic acid groups (broad SMARTS) is 1. The zero-order valence-corrected chi connectivity index (χ0v) is 7.30. The summed E-state index contributed by atoms with van der Waals surface area (Å²) in [6, 6.07) is 0. The number of carboxylic acids is 1. The molecule has 0 spiro atoms. The Hall–Kier alpha value is -0.280. The second-order valence-electron chi connectivity index (χ2n) is 2.21. The Morgan fingerprint density at radius 3 is 2.73 bits per heavy atom. The summed E-state index contributed by atoms with van der Waals surface area (Å²) >= 11 is 5.34. The number of hydrogen-bond acceptors (Lipinski definition) is 2. The number of carbonyl (C=O) groups is 1. The van der Waals surface area contributed by atoms with Gasteiger partial charge in [0.2, 0.25) is 0 Å². The second kappa shape index (κ2) is 6.43. The number of ether oxygens (including phenoxy) is 1. The molecule has 0 aliphatic heterocycles. The van der Waals surface area contributed by atoms with E-state index in [1.54, 1.807) is 0 Å². The third-order valence-electron chi connectivity index (χ3n) is 1.38. The maximum absolute atomic E-state index is 10.4. The van der Waals surface area contributed by atoms with Gasteiger partial charge in [0.05, 0.1) is 19.1 Å². The summed E-state index contributed by atoms with van der Waals surface area (Å²) in [6.45, 7) is 2.51. The van der Waals surface area contributed by atoms with Crippen LogP contribution in [0, 0.1) is 5.92 Å². The topological polar surface area (TPSA) is 46.5 Å². The molecule has 1 atom stereocenters. The molecular formula is C7H13ClO3. The lowest BCUT2D eigenvalue weighted by atomic mass is 10.1. The maximum Gasteiger partial charge on any atom is 0.308 e. The molecular weight excluding hydrogens is 168 g/mol. The summed E-state index contributed by atoms with van der Waals surface area (Å²) < 4.78 is 4.98. The van der Waals surface area contributed by atoms with Gasteiger partial charge in [-0.2, -0.15) is 0 Å². The van der Waals surface area contributed by atoms with Crippen molar-refractivity contribution in [1.29, 1.82) is 0 Å². The van der Waals surface area contributed by atoms with E-state index in [-0.39, 0.29) is 6.61 Å². The molecule has 0 saturated heterocycles. The van der Waals surface area contributed by atoms with Crippen LogP contribution in [-0.4, -0.2) is 30.2 Å². The molecule has 0 heterocycles. The zero-order chi connectivity index (χ0) is 8.69. The minimum atomic E-state index is -0.804. The summed E-state index contributed by atoms with van der Waals surface area (Å²) in [4.78, 5) is 10.4. The quantitative estimate of drug-likeness (QED) is 0.496. The molecule has 0 bridgehead atoms. The lowest BCUT2D eigenvalue weighted by molar-refractivity contribution is -0.143. The van der Waals surface area contributed by atoms with Gasteiger partial charge in [0.25, 0.3) is 0 Å². The van der Waals surface area contributed by atoms with Gasteiger partial charge >= 0.3 is 5.97 Å². The molecule has 4 heteroatoms. The molecule has 66 valence electrons. The highest BCUT2D eigenvalue weighted by Crippen LogP contribution is 2.02. The molecule has 1 unspecified atom stereocenters. The van der Waals surface area contributed by atoms with Gasteiger partial charge in [0.15, 0.2) is 0 Å². The van der Waals surface area contributed by atoms with Crippen molar-refractivity contribution in [3.05, 3.63) is 0 Å². The van der Waals surface area contributed by atoms with Gasteiger partial charge in [-0.25, -0.2) is 0 Å². The lowest BCUT2D eigenvalue weighted by Gasteiger charge is -2.08. The van der Waals surface area contributed by atoms with E-state index >= 15 is 0 Å². The van der Waals surface area contributed by atoms with Crippen molar-refractivity contribution in [3.8, 4) is 0 Å². The SMILES string of the molecule is CCC(COCCCl)C(=O)O. The third kappa shape index (κ3) is 5.04.